The summed E-state index contributed by atoms with van der Waals surface area (Å²) in [5, 5.41) is 12.8. The number of rotatable bonds is 7. The van der Waals surface area contributed by atoms with Gasteiger partial charge in [-0.2, -0.15) is 4.98 Å². The monoisotopic (exact) mass is 437 g/mol. The van der Waals surface area contributed by atoms with E-state index in [1.807, 2.05) is 30.3 Å². The van der Waals surface area contributed by atoms with Gasteiger partial charge in [0.05, 0.1) is 12.7 Å². The molecule has 0 saturated heterocycles. The Morgan fingerprint density at radius 1 is 1.10 bits per heavy atom. The minimum Gasteiger partial charge on any atom is -0.496 e. The SMILES string of the molecule is CCSc1nnc2c(n1)O[C@H](c1ccc(N(CC)CC)cc1OC)Nc1ccccc1-2. The van der Waals surface area contributed by atoms with E-state index in [1.54, 1.807) is 7.11 Å². The zero-order valence-corrected chi connectivity index (χ0v) is 19.1. The fourth-order valence-corrected chi connectivity index (χ4v) is 4.18. The standard InChI is InChI=1S/C23H27N5O2S/c1-5-28(6-2)15-12-13-17(19(14-15)29-4)21-24-18-11-9-8-10-16(18)20-22(30-21)25-23(27-26-20)31-7-3/h8-14,21,24H,5-7H2,1-4H3/t21-/m1/s1. The fraction of sp³-hybridized carbons (Fsp3) is 0.348. The number of hydrogen-bond donors (Lipinski definition) is 1. The molecular weight excluding hydrogens is 410 g/mol. The third-order valence-electron chi connectivity index (χ3n) is 5.24. The summed E-state index contributed by atoms with van der Waals surface area (Å²) >= 11 is 1.54. The predicted molar refractivity (Wildman–Crippen MR) is 125 cm³/mol. The Kier molecular flexibility index (Phi) is 6.46. The van der Waals surface area contributed by atoms with E-state index in [0.717, 1.165) is 47.1 Å². The van der Waals surface area contributed by atoms with Crippen LogP contribution in [0.4, 0.5) is 11.4 Å². The largest absolute Gasteiger partial charge is 0.496 e. The first-order valence-corrected chi connectivity index (χ1v) is 11.5. The zero-order valence-electron chi connectivity index (χ0n) is 18.3. The van der Waals surface area contributed by atoms with Gasteiger partial charge in [-0.05, 0) is 37.8 Å². The average Bonchev–Trinajstić information content (AvgIpc) is 2.96. The summed E-state index contributed by atoms with van der Waals surface area (Å²) in [7, 11) is 1.68. The lowest BCUT2D eigenvalue weighted by Gasteiger charge is -2.25. The molecule has 0 spiro atoms. The van der Waals surface area contributed by atoms with Crippen molar-refractivity contribution in [2.75, 3.05) is 36.2 Å². The molecule has 0 amide bonds. The van der Waals surface area contributed by atoms with Gasteiger partial charge in [0, 0.05) is 36.1 Å². The highest BCUT2D eigenvalue weighted by Gasteiger charge is 2.28. The van der Waals surface area contributed by atoms with Crippen molar-refractivity contribution in [1.29, 1.82) is 0 Å². The number of hydrogen-bond acceptors (Lipinski definition) is 8. The van der Waals surface area contributed by atoms with Crippen LogP contribution in [-0.2, 0) is 0 Å². The second-order valence-electron chi connectivity index (χ2n) is 6.97. The van der Waals surface area contributed by atoms with Crippen molar-refractivity contribution in [1.82, 2.24) is 15.2 Å². The summed E-state index contributed by atoms with van der Waals surface area (Å²) in [6, 6.07) is 14.2. The van der Waals surface area contributed by atoms with Crippen molar-refractivity contribution in [3.63, 3.8) is 0 Å². The van der Waals surface area contributed by atoms with Crippen molar-refractivity contribution < 1.29 is 9.47 Å². The Morgan fingerprint density at radius 3 is 2.65 bits per heavy atom. The van der Waals surface area contributed by atoms with E-state index in [9.17, 15) is 0 Å². The van der Waals surface area contributed by atoms with Crippen LogP contribution in [0.3, 0.4) is 0 Å². The van der Waals surface area contributed by atoms with Gasteiger partial charge in [0.2, 0.25) is 17.3 Å². The number of methoxy groups -OCH3 is 1. The number of anilines is 2. The molecule has 1 aliphatic heterocycles. The van der Waals surface area contributed by atoms with Gasteiger partial charge in [-0.1, -0.05) is 36.9 Å². The fourth-order valence-electron chi connectivity index (χ4n) is 3.68. The van der Waals surface area contributed by atoms with Gasteiger partial charge < -0.3 is 19.7 Å². The van der Waals surface area contributed by atoms with Crippen LogP contribution in [0.25, 0.3) is 11.3 Å². The van der Waals surface area contributed by atoms with Crippen LogP contribution in [-0.4, -0.2) is 41.1 Å². The average molecular weight is 438 g/mol. The number of nitrogens with one attached hydrogen (secondary N) is 1. The van der Waals surface area contributed by atoms with Crippen LogP contribution >= 0.6 is 11.8 Å². The van der Waals surface area contributed by atoms with E-state index >= 15 is 0 Å². The van der Waals surface area contributed by atoms with Crippen molar-refractivity contribution in [3.8, 4) is 22.9 Å². The first kappa shape index (κ1) is 21.2. The van der Waals surface area contributed by atoms with E-state index in [1.165, 1.54) is 11.8 Å². The molecule has 8 heteroatoms. The maximum absolute atomic E-state index is 6.38. The van der Waals surface area contributed by atoms with Crippen LogP contribution in [0.15, 0.2) is 47.6 Å². The highest BCUT2D eigenvalue weighted by molar-refractivity contribution is 7.99. The molecule has 162 valence electrons. The van der Waals surface area contributed by atoms with E-state index in [2.05, 4.69) is 58.3 Å². The number of nitrogens with zero attached hydrogens (tertiary/aromatic N) is 4. The summed E-state index contributed by atoms with van der Waals surface area (Å²) in [4.78, 5) is 6.92. The molecule has 1 atom stereocenters. The lowest BCUT2D eigenvalue weighted by atomic mass is 10.1. The molecule has 2 heterocycles. The van der Waals surface area contributed by atoms with Gasteiger partial charge in [0.25, 0.3) is 0 Å². The normalized spacial score (nSPS) is 14.5. The molecule has 2 aromatic carbocycles. The first-order valence-electron chi connectivity index (χ1n) is 10.5. The molecule has 0 saturated carbocycles. The van der Waals surface area contributed by atoms with Crippen LogP contribution in [0.5, 0.6) is 11.6 Å². The molecule has 31 heavy (non-hydrogen) atoms. The molecule has 0 unspecified atom stereocenters. The second kappa shape index (κ2) is 9.43. The highest BCUT2D eigenvalue weighted by Crippen LogP contribution is 2.41. The van der Waals surface area contributed by atoms with E-state index in [-0.39, 0.29) is 0 Å². The van der Waals surface area contributed by atoms with E-state index in [4.69, 9.17) is 9.47 Å². The number of fused-ring (bicyclic) bond motifs is 3. The highest BCUT2D eigenvalue weighted by atomic mass is 32.2. The van der Waals surface area contributed by atoms with Crippen molar-refractivity contribution in [3.05, 3.63) is 48.0 Å². The molecule has 4 rings (SSSR count). The summed E-state index contributed by atoms with van der Waals surface area (Å²) in [6.07, 6.45) is -0.487. The zero-order chi connectivity index (χ0) is 21.8. The third-order valence-corrected chi connectivity index (χ3v) is 5.95. The van der Waals surface area contributed by atoms with Crippen molar-refractivity contribution in [2.45, 2.75) is 32.2 Å². The van der Waals surface area contributed by atoms with Crippen LogP contribution < -0.4 is 19.7 Å². The third kappa shape index (κ3) is 4.25. The number of thioether (sulfide) groups is 1. The lowest BCUT2D eigenvalue weighted by Crippen LogP contribution is -2.22. The second-order valence-corrected chi connectivity index (χ2v) is 8.20. The molecule has 0 aliphatic carbocycles. The van der Waals surface area contributed by atoms with E-state index < -0.39 is 6.23 Å². The Morgan fingerprint density at radius 2 is 1.90 bits per heavy atom. The lowest BCUT2D eigenvalue weighted by molar-refractivity contribution is 0.220. The first-order chi connectivity index (χ1) is 15.2. The molecule has 3 aromatic rings. The Hall–Kier alpha value is -3.00. The van der Waals surface area contributed by atoms with Gasteiger partial charge in [0.15, 0.2) is 5.69 Å². The van der Waals surface area contributed by atoms with Gasteiger partial charge in [-0.25, -0.2) is 0 Å². The number of ether oxygens (including phenoxy) is 2. The maximum Gasteiger partial charge on any atom is 0.247 e. The molecule has 0 fully saturated rings. The number of para-hydroxylation sites is 1. The molecule has 7 nitrogen and oxygen atoms in total. The number of benzene rings is 2. The Balaban J connectivity index is 1.79. The van der Waals surface area contributed by atoms with Crippen molar-refractivity contribution in [2.24, 2.45) is 0 Å². The van der Waals surface area contributed by atoms with Gasteiger partial charge in [0.1, 0.15) is 5.75 Å². The smallest absolute Gasteiger partial charge is 0.247 e. The van der Waals surface area contributed by atoms with Gasteiger partial charge in [-0.3, -0.25) is 0 Å². The topological polar surface area (TPSA) is 72.4 Å². The Labute approximate surface area is 187 Å². The summed E-state index contributed by atoms with van der Waals surface area (Å²) < 4.78 is 12.1. The Bertz CT molecular complexity index is 1060. The quantitative estimate of drug-likeness (QED) is 0.517. The molecular formula is C23H27N5O2S. The molecule has 0 bridgehead atoms. The van der Waals surface area contributed by atoms with Crippen molar-refractivity contribution >= 4 is 23.1 Å². The van der Waals surface area contributed by atoms with Crippen LogP contribution in [0, 0.1) is 0 Å². The maximum atomic E-state index is 6.38. The summed E-state index contributed by atoms with van der Waals surface area (Å²) in [6.45, 7) is 8.21. The molecule has 1 aliphatic rings. The molecule has 0 radical (unpaired) electrons. The molecule has 1 N–H and O–H groups in total. The minimum absolute atomic E-state index is 0.461. The van der Waals surface area contributed by atoms with Crippen LogP contribution in [0.2, 0.25) is 0 Å². The number of aromatic nitrogens is 3. The van der Waals surface area contributed by atoms with E-state index in [0.29, 0.717) is 16.7 Å². The van der Waals surface area contributed by atoms with Gasteiger partial charge >= 0.3 is 0 Å². The van der Waals surface area contributed by atoms with Gasteiger partial charge in [-0.15, -0.1) is 10.2 Å². The molecule has 1 aromatic heterocycles. The summed E-state index contributed by atoms with van der Waals surface area (Å²) in [5.74, 6) is 2.08. The summed E-state index contributed by atoms with van der Waals surface area (Å²) in [5.41, 5.74) is 4.46. The predicted octanol–water partition coefficient (Wildman–Crippen LogP) is 5.01. The van der Waals surface area contributed by atoms with Crippen LogP contribution in [0.1, 0.15) is 32.6 Å². The minimum atomic E-state index is -0.487.